The van der Waals surface area contributed by atoms with Crippen LogP contribution in [0.25, 0.3) is 0 Å². The van der Waals surface area contributed by atoms with Crippen molar-refractivity contribution in [1.82, 2.24) is 10.2 Å². The molecule has 4 unspecified atom stereocenters. The zero-order valence-corrected chi connectivity index (χ0v) is 16.8. The van der Waals surface area contributed by atoms with Crippen molar-refractivity contribution in [3.05, 3.63) is 30.3 Å². The van der Waals surface area contributed by atoms with Crippen LogP contribution in [-0.4, -0.2) is 42.5 Å². The molecule has 0 aromatic heterocycles. The van der Waals surface area contributed by atoms with Gasteiger partial charge in [-0.2, -0.15) is 0 Å². The second-order valence-corrected chi connectivity index (χ2v) is 8.89. The third kappa shape index (κ3) is 4.34. The fraction of sp³-hybridized carbons (Fsp3) is 0.652. The predicted molar refractivity (Wildman–Crippen MR) is 108 cm³/mol. The summed E-state index contributed by atoms with van der Waals surface area (Å²) in [6, 6.07) is 9.68. The summed E-state index contributed by atoms with van der Waals surface area (Å²) in [6.07, 6.45) is 6.89. The maximum absolute atomic E-state index is 12.7. The van der Waals surface area contributed by atoms with E-state index in [1.165, 1.54) is 25.7 Å². The topological polar surface area (TPSA) is 58.6 Å². The maximum Gasteiger partial charge on any atom is 0.260 e. The summed E-state index contributed by atoms with van der Waals surface area (Å²) in [5.41, 5.74) is 0. The summed E-state index contributed by atoms with van der Waals surface area (Å²) in [5, 5.41) is 3.30. The predicted octanol–water partition coefficient (Wildman–Crippen LogP) is 3.24. The Morgan fingerprint density at radius 1 is 1.11 bits per heavy atom. The molecule has 2 amide bonds. The molecular formula is C23H32N2O3. The minimum Gasteiger partial charge on any atom is -0.484 e. The largest absolute Gasteiger partial charge is 0.484 e. The van der Waals surface area contributed by atoms with E-state index in [0.29, 0.717) is 24.8 Å². The van der Waals surface area contributed by atoms with Crippen molar-refractivity contribution in [2.75, 3.05) is 19.7 Å². The standard InChI is InChI=1S/C23H32N2O3/c1-16(21-14-17-7-8-19(21)13-17)24-23(27)18-9-11-25(12-10-18)22(26)15-28-20-5-3-2-4-6-20/h2-6,16-19,21H,7-15H2,1H3,(H,24,27). The van der Waals surface area contributed by atoms with Crippen LogP contribution in [0.3, 0.4) is 0 Å². The van der Waals surface area contributed by atoms with Gasteiger partial charge in [-0.05, 0) is 68.9 Å². The lowest BCUT2D eigenvalue weighted by molar-refractivity contribution is -0.137. The molecule has 1 N–H and O–H groups in total. The van der Waals surface area contributed by atoms with Crippen LogP contribution in [0, 0.1) is 23.7 Å². The van der Waals surface area contributed by atoms with Gasteiger partial charge in [-0.3, -0.25) is 9.59 Å². The summed E-state index contributed by atoms with van der Waals surface area (Å²) < 4.78 is 5.56. The quantitative estimate of drug-likeness (QED) is 0.819. The molecule has 2 aliphatic carbocycles. The number of para-hydroxylation sites is 1. The number of benzene rings is 1. The van der Waals surface area contributed by atoms with Crippen molar-refractivity contribution in [3.8, 4) is 5.75 Å². The van der Waals surface area contributed by atoms with Crippen molar-refractivity contribution >= 4 is 11.8 Å². The highest BCUT2D eigenvalue weighted by atomic mass is 16.5. The zero-order valence-electron chi connectivity index (χ0n) is 16.8. The lowest BCUT2D eigenvalue weighted by Crippen LogP contribution is -2.47. The molecular weight excluding hydrogens is 352 g/mol. The van der Waals surface area contributed by atoms with Gasteiger partial charge in [0.15, 0.2) is 6.61 Å². The van der Waals surface area contributed by atoms with Crippen LogP contribution in [0.15, 0.2) is 30.3 Å². The van der Waals surface area contributed by atoms with E-state index in [0.717, 1.165) is 24.7 Å². The first-order chi connectivity index (χ1) is 13.6. The molecule has 1 aromatic rings. The molecule has 4 atom stereocenters. The number of nitrogens with zero attached hydrogens (tertiary/aromatic N) is 1. The van der Waals surface area contributed by atoms with Gasteiger partial charge in [0.1, 0.15) is 5.75 Å². The van der Waals surface area contributed by atoms with Gasteiger partial charge in [-0.25, -0.2) is 0 Å². The van der Waals surface area contributed by atoms with Crippen molar-refractivity contribution in [1.29, 1.82) is 0 Å². The van der Waals surface area contributed by atoms with Crippen LogP contribution < -0.4 is 10.1 Å². The number of rotatable bonds is 6. The Balaban J connectivity index is 1.19. The average Bonchev–Trinajstić information content (AvgIpc) is 3.36. The number of carbonyl (C=O) groups excluding carboxylic acids is 2. The molecule has 5 heteroatoms. The number of hydrogen-bond donors (Lipinski definition) is 1. The molecule has 3 aliphatic rings. The van der Waals surface area contributed by atoms with Gasteiger partial charge < -0.3 is 15.0 Å². The van der Waals surface area contributed by atoms with Crippen molar-refractivity contribution < 1.29 is 14.3 Å². The van der Waals surface area contributed by atoms with Crippen molar-refractivity contribution in [2.24, 2.45) is 23.7 Å². The molecule has 3 fully saturated rings. The number of amides is 2. The fourth-order valence-corrected chi connectivity index (χ4v) is 5.50. The Morgan fingerprint density at radius 3 is 2.50 bits per heavy atom. The Bertz CT molecular complexity index is 684. The normalized spacial score (nSPS) is 28.2. The number of ether oxygens (including phenoxy) is 1. The van der Waals surface area contributed by atoms with E-state index in [1.807, 2.05) is 35.2 Å². The highest BCUT2D eigenvalue weighted by Gasteiger charge is 2.42. The minimum atomic E-state index is -0.00180. The fourth-order valence-electron chi connectivity index (χ4n) is 5.50. The minimum absolute atomic E-state index is 0.00180. The molecule has 1 heterocycles. The Kier molecular flexibility index (Phi) is 5.88. The monoisotopic (exact) mass is 384 g/mol. The van der Waals surface area contributed by atoms with E-state index in [9.17, 15) is 9.59 Å². The summed E-state index contributed by atoms with van der Waals surface area (Å²) in [5.74, 6) is 3.31. The van der Waals surface area contributed by atoms with Gasteiger partial charge in [0.05, 0.1) is 0 Å². The van der Waals surface area contributed by atoms with Gasteiger partial charge in [0.25, 0.3) is 5.91 Å². The smallest absolute Gasteiger partial charge is 0.260 e. The summed E-state index contributed by atoms with van der Waals surface area (Å²) >= 11 is 0. The van der Waals surface area contributed by atoms with Crippen LogP contribution in [0.4, 0.5) is 0 Å². The number of likely N-dealkylation sites (tertiary alicyclic amines) is 1. The van der Waals surface area contributed by atoms with Gasteiger partial charge in [-0.15, -0.1) is 0 Å². The second kappa shape index (κ2) is 8.54. The summed E-state index contributed by atoms with van der Waals surface area (Å²) in [7, 11) is 0. The molecule has 1 aliphatic heterocycles. The number of hydrogen-bond acceptors (Lipinski definition) is 3. The Hall–Kier alpha value is -2.04. The molecule has 152 valence electrons. The molecule has 4 rings (SSSR count). The van der Waals surface area contributed by atoms with Gasteiger partial charge in [0, 0.05) is 25.0 Å². The van der Waals surface area contributed by atoms with E-state index in [1.54, 1.807) is 0 Å². The van der Waals surface area contributed by atoms with Gasteiger partial charge in [-0.1, -0.05) is 24.6 Å². The van der Waals surface area contributed by atoms with Crippen LogP contribution in [-0.2, 0) is 9.59 Å². The molecule has 2 saturated carbocycles. The lowest BCUT2D eigenvalue weighted by Gasteiger charge is -2.33. The van der Waals surface area contributed by atoms with Crippen molar-refractivity contribution in [2.45, 2.75) is 51.5 Å². The molecule has 1 saturated heterocycles. The number of piperidine rings is 1. The first kappa shape index (κ1) is 19.3. The highest BCUT2D eigenvalue weighted by molar-refractivity contribution is 5.80. The molecule has 5 nitrogen and oxygen atoms in total. The van der Waals surface area contributed by atoms with Crippen LogP contribution in [0.5, 0.6) is 5.75 Å². The van der Waals surface area contributed by atoms with Crippen LogP contribution in [0.1, 0.15) is 45.4 Å². The highest BCUT2D eigenvalue weighted by Crippen LogP contribution is 2.49. The molecule has 0 radical (unpaired) electrons. The molecule has 2 bridgehead atoms. The van der Waals surface area contributed by atoms with E-state index in [4.69, 9.17) is 4.74 Å². The Morgan fingerprint density at radius 2 is 1.86 bits per heavy atom. The van der Waals surface area contributed by atoms with Gasteiger partial charge in [0.2, 0.25) is 5.91 Å². The average molecular weight is 385 g/mol. The number of fused-ring (bicyclic) bond motifs is 2. The zero-order chi connectivity index (χ0) is 19.5. The SMILES string of the molecule is CC(NC(=O)C1CCN(C(=O)COc2ccccc2)CC1)C1CC2CCC1C2. The van der Waals surface area contributed by atoms with E-state index in [2.05, 4.69) is 12.2 Å². The van der Waals surface area contributed by atoms with Crippen LogP contribution in [0.2, 0.25) is 0 Å². The number of nitrogens with one attached hydrogen (secondary N) is 1. The molecule has 0 spiro atoms. The van der Waals surface area contributed by atoms with E-state index in [-0.39, 0.29) is 30.4 Å². The summed E-state index contributed by atoms with van der Waals surface area (Å²) in [6.45, 7) is 3.51. The first-order valence-electron chi connectivity index (χ1n) is 10.9. The molecule has 28 heavy (non-hydrogen) atoms. The Labute approximate surface area is 167 Å². The summed E-state index contributed by atoms with van der Waals surface area (Å²) in [4.78, 5) is 26.9. The van der Waals surface area contributed by atoms with E-state index >= 15 is 0 Å². The lowest BCUT2D eigenvalue weighted by atomic mass is 9.83. The third-order valence-electron chi connectivity index (χ3n) is 7.13. The van der Waals surface area contributed by atoms with Crippen LogP contribution >= 0.6 is 0 Å². The van der Waals surface area contributed by atoms with Gasteiger partial charge >= 0.3 is 0 Å². The number of carbonyl (C=O) groups is 2. The van der Waals surface area contributed by atoms with E-state index < -0.39 is 0 Å². The molecule has 1 aromatic carbocycles. The first-order valence-corrected chi connectivity index (χ1v) is 10.9. The van der Waals surface area contributed by atoms with Crippen molar-refractivity contribution in [3.63, 3.8) is 0 Å². The maximum atomic E-state index is 12.7. The second-order valence-electron chi connectivity index (χ2n) is 8.89. The third-order valence-corrected chi connectivity index (χ3v) is 7.13.